The third kappa shape index (κ3) is 3.11. The smallest absolute Gasteiger partial charge is 0.125 e. The van der Waals surface area contributed by atoms with Crippen LogP contribution in [0, 0.1) is 5.82 Å². The molecule has 0 radical (unpaired) electrons. The largest absolute Gasteiger partial charge is 0.370 e. The Balaban J connectivity index is 2.02. The molecule has 0 atom stereocenters. The maximum absolute atomic E-state index is 13.2. The van der Waals surface area contributed by atoms with E-state index < -0.39 is 0 Å². The summed E-state index contributed by atoms with van der Waals surface area (Å²) in [6.07, 6.45) is 2.17. The van der Waals surface area contributed by atoms with E-state index >= 15 is 0 Å². The molecule has 1 aromatic rings. The van der Waals surface area contributed by atoms with Crippen LogP contribution in [-0.2, 0) is 0 Å². The minimum absolute atomic E-state index is 0.224. The predicted octanol–water partition coefficient (Wildman–Crippen LogP) is 3.06. The van der Waals surface area contributed by atoms with Crippen LogP contribution in [0.1, 0.15) is 19.8 Å². The molecule has 1 aliphatic rings. The highest BCUT2D eigenvalue weighted by Crippen LogP contribution is 2.28. The first kappa shape index (κ1) is 12.7. The van der Waals surface area contributed by atoms with E-state index in [-0.39, 0.29) is 5.82 Å². The fraction of sp³-hybridized carbons (Fsp3) is 0.538. The molecular weight excluding hydrogens is 239 g/mol. The maximum Gasteiger partial charge on any atom is 0.125 e. The van der Waals surface area contributed by atoms with E-state index in [0.29, 0.717) is 11.1 Å². The molecular formula is C13H18ClFN2. The van der Waals surface area contributed by atoms with Gasteiger partial charge in [0.15, 0.2) is 0 Å². The van der Waals surface area contributed by atoms with Crippen molar-refractivity contribution < 1.29 is 4.39 Å². The van der Waals surface area contributed by atoms with Crippen LogP contribution in [-0.4, -0.2) is 25.7 Å². The first-order chi connectivity index (χ1) is 8.20. The van der Waals surface area contributed by atoms with Crippen molar-refractivity contribution in [3.05, 3.63) is 29.0 Å². The third-order valence-electron chi connectivity index (χ3n) is 3.24. The normalized spacial score (nSPS) is 17.5. The highest BCUT2D eigenvalue weighted by molar-refractivity contribution is 6.33. The highest BCUT2D eigenvalue weighted by atomic mass is 35.5. The van der Waals surface area contributed by atoms with Gasteiger partial charge in [-0.2, -0.15) is 0 Å². The van der Waals surface area contributed by atoms with Gasteiger partial charge in [-0.25, -0.2) is 4.39 Å². The van der Waals surface area contributed by atoms with Crippen LogP contribution in [0.5, 0.6) is 0 Å². The Morgan fingerprint density at radius 1 is 1.41 bits per heavy atom. The molecule has 1 fully saturated rings. The van der Waals surface area contributed by atoms with E-state index in [0.717, 1.165) is 38.2 Å². The molecule has 0 saturated carbocycles. The molecule has 17 heavy (non-hydrogen) atoms. The van der Waals surface area contributed by atoms with E-state index in [1.807, 2.05) is 0 Å². The summed E-state index contributed by atoms with van der Waals surface area (Å²) < 4.78 is 13.2. The van der Waals surface area contributed by atoms with Crippen LogP contribution in [0.15, 0.2) is 18.2 Å². The Morgan fingerprint density at radius 2 is 2.12 bits per heavy atom. The molecule has 1 aromatic carbocycles. The fourth-order valence-corrected chi connectivity index (χ4v) is 2.58. The first-order valence-corrected chi connectivity index (χ1v) is 6.52. The van der Waals surface area contributed by atoms with Gasteiger partial charge in [0.05, 0.1) is 10.7 Å². The van der Waals surface area contributed by atoms with Gasteiger partial charge in [-0.15, -0.1) is 0 Å². The summed E-state index contributed by atoms with van der Waals surface area (Å²) in [5, 5.41) is 4.08. The minimum atomic E-state index is -0.224. The molecule has 4 heteroatoms. The third-order valence-corrected chi connectivity index (χ3v) is 3.56. The zero-order valence-electron chi connectivity index (χ0n) is 10.0. The standard InChI is InChI=1S/C13H18ClFN2/c1-2-16-11-5-7-17(8-6-11)13-9-10(15)3-4-12(13)14/h3-4,9,11,16H,2,5-8H2,1H3. The van der Waals surface area contributed by atoms with E-state index in [4.69, 9.17) is 11.6 Å². The van der Waals surface area contributed by atoms with Crippen molar-refractivity contribution in [3.8, 4) is 0 Å². The zero-order valence-corrected chi connectivity index (χ0v) is 10.8. The van der Waals surface area contributed by atoms with Crippen molar-refractivity contribution in [2.24, 2.45) is 0 Å². The second kappa shape index (κ2) is 5.69. The molecule has 2 nitrogen and oxygen atoms in total. The Bertz CT molecular complexity index is 376. The summed E-state index contributed by atoms with van der Waals surface area (Å²) in [5.41, 5.74) is 0.821. The average molecular weight is 257 g/mol. The molecule has 0 aromatic heterocycles. The van der Waals surface area contributed by atoms with E-state index in [9.17, 15) is 4.39 Å². The van der Waals surface area contributed by atoms with E-state index in [2.05, 4.69) is 17.1 Å². The molecule has 1 aliphatic heterocycles. The van der Waals surface area contributed by atoms with Gasteiger partial charge in [0, 0.05) is 19.1 Å². The van der Waals surface area contributed by atoms with Crippen LogP contribution in [0.3, 0.4) is 0 Å². The van der Waals surface area contributed by atoms with Gasteiger partial charge in [-0.1, -0.05) is 18.5 Å². The number of rotatable bonds is 3. The zero-order chi connectivity index (χ0) is 12.3. The second-order valence-corrected chi connectivity index (χ2v) is 4.82. The lowest BCUT2D eigenvalue weighted by Crippen LogP contribution is -2.42. The molecule has 2 rings (SSSR count). The Hall–Kier alpha value is -0.800. The lowest BCUT2D eigenvalue weighted by atomic mass is 10.0. The molecule has 0 amide bonds. The van der Waals surface area contributed by atoms with Gasteiger partial charge >= 0.3 is 0 Å². The number of benzene rings is 1. The van der Waals surface area contributed by atoms with Crippen LogP contribution in [0.2, 0.25) is 5.02 Å². The van der Waals surface area contributed by atoms with Crippen LogP contribution >= 0.6 is 11.6 Å². The summed E-state index contributed by atoms with van der Waals surface area (Å²) in [7, 11) is 0. The fourth-order valence-electron chi connectivity index (χ4n) is 2.34. The number of hydrogen-bond donors (Lipinski definition) is 1. The average Bonchev–Trinajstić information content (AvgIpc) is 2.34. The summed E-state index contributed by atoms with van der Waals surface area (Å²) in [6, 6.07) is 5.14. The van der Waals surface area contributed by atoms with Crippen molar-refractivity contribution in [2.45, 2.75) is 25.8 Å². The summed E-state index contributed by atoms with van der Waals surface area (Å²) in [4.78, 5) is 2.17. The first-order valence-electron chi connectivity index (χ1n) is 6.14. The maximum atomic E-state index is 13.2. The number of piperidine rings is 1. The number of nitrogens with one attached hydrogen (secondary N) is 1. The molecule has 0 bridgehead atoms. The van der Waals surface area contributed by atoms with Crippen molar-refractivity contribution in [2.75, 3.05) is 24.5 Å². The lowest BCUT2D eigenvalue weighted by molar-refractivity contribution is 0.423. The Labute approximate surface area is 107 Å². The summed E-state index contributed by atoms with van der Waals surface area (Å²) in [6.45, 7) is 4.99. The van der Waals surface area contributed by atoms with Crippen molar-refractivity contribution in [1.29, 1.82) is 0 Å². The summed E-state index contributed by atoms with van der Waals surface area (Å²) in [5.74, 6) is -0.224. The predicted molar refractivity (Wildman–Crippen MR) is 70.3 cm³/mol. The van der Waals surface area contributed by atoms with Crippen LogP contribution in [0.25, 0.3) is 0 Å². The number of nitrogens with zero attached hydrogens (tertiary/aromatic N) is 1. The van der Waals surface area contributed by atoms with Crippen LogP contribution < -0.4 is 10.2 Å². The van der Waals surface area contributed by atoms with E-state index in [1.165, 1.54) is 12.1 Å². The number of hydrogen-bond acceptors (Lipinski definition) is 2. The Kier molecular flexibility index (Phi) is 4.24. The monoisotopic (exact) mass is 256 g/mol. The van der Waals surface area contributed by atoms with Gasteiger partial charge in [-0.05, 0) is 37.6 Å². The molecule has 0 spiro atoms. The lowest BCUT2D eigenvalue weighted by Gasteiger charge is -2.34. The van der Waals surface area contributed by atoms with Gasteiger partial charge in [-0.3, -0.25) is 0 Å². The van der Waals surface area contributed by atoms with Gasteiger partial charge in [0.2, 0.25) is 0 Å². The molecule has 1 N–H and O–H groups in total. The quantitative estimate of drug-likeness (QED) is 0.894. The van der Waals surface area contributed by atoms with E-state index in [1.54, 1.807) is 6.07 Å². The number of anilines is 1. The van der Waals surface area contributed by atoms with Gasteiger partial charge < -0.3 is 10.2 Å². The number of halogens is 2. The molecule has 0 unspecified atom stereocenters. The van der Waals surface area contributed by atoms with Gasteiger partial charge in [0.1, 0.15) is 5.82 Å². The van der Waals surface area contributed by atoms with Crippen molar-refractivity contribution in [3.63, 3.8) is 0 Å². The minimum Gasteiger partial charge on any atom is -0.370 e. The second-order valence-electron chi connectivity index (χ2n) is 4.41. The van der Waals surface area contributed by atoms with Gasteiger partial charge in [0.25, 0.3) is 0 Å². The molecule has 1 heterocycles. The van der Waals surface area contributed by atoms with Crippen molar-refractivity contribution >= 4 is 17.3 Å². The highest BCUT2D eigenvalue weighted by Gasteiger charge is 2.20. The Morgan fingerprint density at radius 3 is 2.76 bits per heavy atom. The van der Waals surface area contributed by atoms with Crippen molar-refractivity contribution in [1.82, 2.24) is 5.32 Å². The molecule has 1 saturated heterocycles. The molecule has 0 aliphatic carbocycles. The SMILES string of the molecule is CCNC1CCN(c2cc(F)ccc2Cl)CC1. The van der Waals surface area contributed by atoms with Crippen LogP contribution in [0.4, 0.5) is 10.1 Å². The molecule has 94 valence electrons. The topological polar surface area (TPSA) is 15.3 Å². The summed E-state index contributed by atoms with van der Waals surface area (Å²) >= 11 is 6.10.